The van der Waals surface area contributed by atoms with E-state index < -0.39 is 0 Å². The molecule has 1 saturated carbocycles. The van der Waals surface area contributed by atoms with Crippen LogP contribution in [-0.2, 0) is 0 Å². The van der Waals surface area contributed by atoms with Crippen molar-refractivity contribution in [2.75, 3.05) is 5.32 Å². The first-order valence-corrected chi connectivity index (χ1v) is 9.11. The van der Waals surface area contributed by atoms with E-state index in [1.807, 2.05) is 42.5 Å². The standard InChI is InChI=1S/C22H18N6/c23-13-15-1-5-17(6-2-15)21(26-18-9-10-18)20-11-12-25-22(28-20)27-19-7-3-16(14-24)4-8-19/h1-8,11-12,18,21,26H,9-10H2,(H,25,27,28). The third-order valence-electron chi connectivity index (χ3n) is 4.60. The van der Waals surface area contributed by atoms with Crippen LogP contribution in [0.3, 0.4) is 0 Å². The third-order valence-corrected chi connectivity index (χ3v) is 4.60. The summed E-state index contributed by atoms with van der Waals surface area (Å²) < 4.78 is 0. The maximum atomic E-state index is 9.04. The Bertz CT molecular complexity index is 1040. The van der Waals surface area contributed by atoms with Crippen LogP contribution in [0, 0.1) is 22.7 Å². The Morgan fingerprint density at radius 3 is 2.14 bits per heavy atom. The Kier molecular flexibility index (Phi) is 4.97. The number of hydrogen-bond acceptors (Lipinski definition) is 6. The van der Waals surface area contributed by atoms with E-state index in [0.717, 1.165) is 29.8 Å². The summed E-state index contributed by atoms with van der Waals surface area (Å²) in [4.78, 5) is 9.01. The number of nitriles is 2. The van der Waals surface area contributed by atoms with Crippen LogP contribution in [0.15, 0.2) is 60.8 Å². The van der Waals surface area contributed by atoms with E-state index in [1.165, 1.54) is 0 Å². The van der Waals surface area contributed by atoms with Crippen molar-refractivity contribution in [3.8, 4) is 12.1 Å². The van der Waals surface area contributed by atoms with Crippen molar-refractivity contribution in [2.24, 2.45) is 0 Å². The summed E-state index contributed by atoms with van der Waals surface area (Å²) in [6, 6.07) is 21.3. The van der Waals surface area contributed by atoms with E-state index in [4.69, 9.17) is 15.5 Å². The molecule has 0 aliphatic heterocycles. The molecule has 4 rings (SSSR count). The summed E-state index contributed by atoms with van der Waals surface area (Å²) >= 11 is 0. The highest BCUT2D eigenvalue weighted by atomic mass is 15.1. The molecular formula is C22H18N6. The predicted molar refractivity (Wildman–Crippen MR) is 106 cm³/mol. The van der Waals surface area contributed by atoms with Crippen molar-refractivity contribution in [3.05, 3.63) is 83.2 Å². The van der Waals surface area contributed by atoms with E-state index in [1.54, 1.807) is 18.3 Å². The van der Waals surface area contributed by atoms with Gasteiger partial charge in [0.25, 0.3) is 0 Å². The van der Waals surface area contributed by atoms with Gasteiger partial charge in [0.05, 0.1) is 35.0 Å². The molecule has 1 atom stereocenters. The Hall–Kier alpha value is -3.74. The highest BCUT2D eigenvalue weighted by Gasteiger charge is 2.27. The van der Waals surface area contributed by atoms with Gasteiger partial charge >= 0.3 is 0 Å². The van der Waals surface area contributed by atoms with Gasteiger partial charge in [-0.1, -0.05) is 12.1 Å². The summed E-state index contributed by atoms with van der Waals surface area (Å²) in [5, 5.41) is 24.8. The van der Waals surface area contributed by atoms with E-state index >= 15 is 0 Å². The predicted octanol–water partition coefficient (Wildman–Crippen LogP) is 3.80. The molecule has 1 aromatic heterocycles. The number of nitrogens with zero attached hydrogens (tertiary/aromatic N) is 4. The molecule has 2 aromatic carbocycles. The molecule has 1 heterocycles. The molecule has 3 aromatic rings. The average Bonchev–Trinajstić information content (AvgIpc) is 3.57. The van der Waals surface area contributed by atoms with Gasteiger partial charge in [-0.05, 0) is 60.9 Å². The fraction of sp³-hybridized carbons (Fsp3) is 0.182. The Labute approximate surface area is 163 Å². The summed E-state index contributed by atoms with van der Waals surface area (Å²) in [6.45, 7) is 0. The van der Waals surface area contributed by atoms with Gasteiger partial charge < -0.3 is 10.6 Å². The van der Waals surface area contributed by atoms with Crippen molar-refractivity contribution >= 4 is 11.6 Å². The van der Waals surface area contributed by atoms with Crippen molar-refractivity contribution in [1.29, 1.82) is 10.5 Å². The summed E-state index contributed by atoms with van der Waals surface area (Å²) in [7, 11) is 0. The molecule has 1 unspecified atom stereocenters. The molecule has 28 heavy (non-hydrogen) atoms. The lowest BCUT2D eigenvalue weighted by molar-refractivity contribution is 0.587. The second-order valence-corrected chi connectivity index (χ2v) is 6.73. The van der Waals surface area contributed by atoms with Crippen molar-refractivity contribution < 1.29 is 0 Å². The first-order valence-electron chi connectivity index (χ1n) is 9.11. The fourth-order valence-corrected chi connectivity index (χ4v) is 2.94. The molecule has 1 fully saturated rings. The van der Waals surface area contributed by atoms with E-state index in [2.05, 4.69) is 27.8 Å². The highest BCUT2D eigenvalue weighted by molar-refractivity contribution is 5.55. The number of nitrogens with one attached hydrogen (secondary N) is 2. The van der Waals surface area contributed by atoms with E-state index in [-0.39, 0.29) is 6.04 Å². The van der Waals surface area contributed by atoms with Gasteiger partial charge in [0.2, 0.25) is 5.95 Å². The fourth-order valence-electron chi connectivity index (χ4n) is 2.94. The molecule has 136 valence electrons. The Morgan fingerprint density at radius 1 is 0.893 bits per heavy atom. The molecule has 0 amide bonds. The van der Waals surface area contributed by atoms with Crippen LogP contribution < -0.4 is 10.6 Å². The summed E-state index contributed by atoms with van der Waals surface area (Å²) in [6.07, 6.45) is 4.06. The lowest BCUT2D eigenvalue weighted by Crippen LogP contribution is -2.25. The maximum Gasteiger partial charge on any atom is 0.227 e. The van der Waals surface area contributed by atoms with Crippen LogP contribution in [-0.4, -0.2) is 16.0 Å². The van der Waals surface area contributed by atoms with E-state index in [0.29, 0.717) is 23.1 Å². The number of hydrogen-bond donors (Lipinski definition) is 2. The second kappa shape index (κ2) is 7.87. The number of benzene rings is 2. The van der Waals surface area contributed by atoms with E-state index in [9.17, 15) is 0 Å². The molecule has 6 nitrogen and oxygen atoms in total. The van der Waals surface area contributed by atoms with Crippen LogP contribution in [0.1, 0.15) is 41.3 Å². The van der Waals surface area contributed by atoms with Crippen LogP contribution in [0.4, 0.5) is 11.6 Å². The molecule has 6 heteroatoms. The van der Waals surface area contributed by atoms with Crippen LogP contribution in [0.2, 0.25) is 0 Å². The minimum absolute atomic E-state index is 0.0650. The zero-order valence-electron chi connectivity index (χ0n) is 15.1. The average molecular weight is 366 g/mol. The van der Waals surface area contributed by atoms with Crippen molar-refractivity contribution in [1.82, 2.24) is 15.3 Å². The smallest absolute Gasteiger partial charge is 0.227 e. The van der Waals surface area contributed by atoms with Crippen molar-refractivity contribution in [2.45, 2.75) is 24.9 Å². The minimum Gasteiger partial charge on any atom is -0.324 e. The van der Waals surface area contributed by atoms with Crippen LogP contribution in [0.5, 0.6) is 0 Å². The lowest BCUT2D eigenvalue weighted by Gasteiger charge is -2.19. The topological polar surface area (TPSA) is 97.4 Å². The van der Waals surface area contributed by atoms with Gasteiger partial charge in [-0.3, -0.25) is 0 Å². The minimum atomic E-state index is -0.0650. The van der Waals surface area contributed by atoms with Gasteiger partial charge in [-0.15, -0.1) is 0 Å². The highest BCUT2D eigenvalue weighted by Crippen LogP contribution is 2.28. The van der Waals surface area contributed by atoms with Crippen molar-refractivity contribution in [3.63, 3.8) is 0 Å². The first kappa shape index (κ1) is 17.7. The zero-order valence-corrected chi connectivity index (χ0v) is 15.1. The quantitative estimate of drug-likeness (QED) is 0.688. The molecule has 1 aliphatic rings. The molecule has 0 spiro atoms. The Balaban J connectivity index is 1.60. The largest absolute Gasteiger partial charge is 0.324 e. The number of rotatable bonds is 6. The normalized spacial score (nSPS) is 13.9. The van der Waals surface area contributed by atoms with Gasteiger partial charge in [0.1, 0.15) is 0 Å². The summed E-state index contributed by atoms with van der Waals surface area (Å²) in [5.74, 6) is 0.499. The Morgan fingerprint density at radius 2 is 1.54 bits per heavy atom. The number of aromatic nitrogens is 2. The molecular weight excluding hydrogens is 348 g/mol. The number of anilines is 2. The zero-order chi connectivity index (χ0) is 19.3. The molecule has 2 N–H and O–H groups in total. The van der Waals surface area contributed by atoms with Gasteiger partial charge in [-0.25, -0.2) is 9.97 Å². The lowest BCUT2D eigenvalue weighted by atomic mass is 10.0. The SMILES string of the molecule is N#Cc1ccc(Nc2nccc(C(NC3CC3)c3ccc(C#N)cc3)n2)cc1. The summed E-state index contributed by atoms with van der Waals surface area (Å²) in [5.41, 5.74) is 3.99. The monoisotopic (exact) mass is 366 g/mol. The van der Waals surface area contributed by atoms with Gasteiger partial charge in [0, 0.05) is 17.9 Å². The molecule has 1 aliphatic carbocycles. The molecule has 0 radical (unpaired) electrons. The third kappa shape index (κ3) is 4.15. The first-order chi connectivity index (χ1) is 13.7. The van der Waals surface area contributed by atoms with Gasteiger partial charge in [0.15, 0.2) is 0 Å². The van der Waals surface area contributed by atoms with Crippen LogP contribution in [0.25, 0.3) is 0 Å². The second-order valence-electron chi connectivity index (χ2n) is 6.73. The maximum absolute atomic E-state index is 9.04. The van der Waals surface area contributed by atoms with Crippen LogP contribution >= 0.6 is 0 Å². The molecule has 0 saturated heterocycles. The van der Waals surface area contributed by atoms with Gasteiger partial charge in [-0.2, -0.15) is 10.5 Å². The molecule has 0 bridgehead atoms.